The molecule has 3 atom stereocenters. The standard InChI is InChI=1S/C32H35N3O8/c1-39-23-8-9-26-25(15-23)24(10-12-33-26)27(36)17-34-13-11-32(22(16-34)14-30(37)40-2)20-35(31(38)43-32)29-19-41-18-28(42-29)21-6-4-3-5-7-21/h3-4,6,8-10,12,15,18-19,22,27,36H,5,7,11,13-14,16-17,20H2,1-2H3/t22-,27-,32-/m0/s1. The molecule has 4 aliphatic rings. The third-order valence-electron chi connectivity index (χ3n) is 8.58. The van der Waals surface area contributed by atoms with Gasteiger partial charge in [0.25, 0.3) is 0 Å². The minimum Gasteiger partial charge on any atom is -0.497 e. The molecule has 0 unspecified atom stereocenters. The van der Waals surface area contributed by atoms with Crippen molar-refractivity contribution in [2.24, 2.45) is 5.92 Å². The van der Waals surface area contributed by atoms with Crippen molar-refractivity contribution in [3.05, 3.63) is 84.0 Å². The fraction of sp³-hybridized carbons (Fsp3) is 0.406. The van der Waals surface area contributed by atoms with Crippen LogP contribution in [0.15, 0.2) is 78.4 Å². The average molecular weight is 590 g/mol. The lowest BCUT2D eigenvalue weighted by atomic mass is 9.78. The smallest absolute Gasteiger partial charge is 0.417 e. The van der Waals surface area contributed by atoms with Crippen LogP contribution in [0.5, 0.6) is 5.75 Å². The molecule has 1 N–H and O–H groups in total. The van der Waals surface area contributed by atoms with Crippen LogP contribution in [0, 0.1) is 5.92 Å². The third kappa shape index (κ3) is 5.82. The van der Waals surface area contributed by atoms with E-state index in [0.29, 0.717) is 37.6 Å². The van der Waals surface area contributed by atoms with Gasteiger partial charge in [-0.05, 0) is 48.2 Å². The number of likely N-dealkylation sites (tertiary alicyclic amines) is 1. The van der Waals surface area contributed by atoms with Crippen LogP contribution in [0.1, 0.15) is 37.4 Å². The molecule has 11 nitrogen and oxygen atoms in total. The molecule has 2 saturated heterocycles. The number of fused-ring (bicyclic) bond motifs is 1. The van der Waals surface area contributed by atoms with Crippen molar-refractivity contribution in [2.75, 3.05) is 40.4 Å². The highest BCUT2D eigenvalue weighted by Gasteiger charge is 2.55. The molecular formula is C32H35N3O8. The second-order valence-electron chi connectivity index (χ2n) is 11.1. The highest BCUT2D eigenvalue weighted by Crippen LogP contribution is 2.42. The van der Waals surface area contributed by atoms with Crippen LogP contribution in [-0.2, 0) is 23.7 Å². The summed E-state index contributed by atoms with van der Waals surface area (Å²) < 4.78 is 28.1. The Hall–Kier alpha value is -4.35. The van der Waals surface area contributed by atoms with E-state index in [2.05, 4.69) is 16.0 Å². The normalized spacial score (nSPS) is 24.4. The molecule has 226 valence electrons. The molecule has 43 heavy (non-hydrogen) atoms. The Kier molecular flexibility index (Phi) is 8.09. The van der Waals surface area contributed by atoms with Crippen molar-refractivity contribution in [2.45, 2.75) is 37.4 Å². The van der Waals surface area contributed by atoms with Gasteiger partial charge < -0.3 is 28.8 Å². The summed E-state index contributed by atoms with van der Waals surface area (Å²) in [4.78, 5) is 33.7. The Morgan fingerprint density at radius 2 is 2.14 bits per heavy atom. The monoisotopic (exact) mass is 589 g/mol. The van der Waals surface area contributed by atoms with Gasteiger partial charge in [-0.1, -0.05) is 18.2 Å². The fourth-order valence-electron chi connectivity index (χ4n) is 6.22. The number of carbonyl (C=O) groups excluding carboxylic acids is 2. The van der Waals surface area contributed by atoms with Crippen molar-refractivity contribution >= 4 is 23.0 Å². The van der Waals surface area contributed by atoms with Gasteiger partial charge in [0.1, 0.15) is 17.6 Å². The van der Waals surface area contributed by atoms with Crippen molar-refractivity contribution in [3.63, 3.8) is 0 Å². The van der Waals surface area contributed by atoms with Gasteiger partial charge in [0.15, 0.2) is 12.0 Å². The number of aromatic nitrogens is 1. The van der Waals surface area contributed by atoms with E-state index in [1.165, 1.54) is 24.5 Å². The lowest BCUT2D eigenvalue weighted by molar-refractivity contribution is -0.146. The summed E-state index contributed by atoms with van der Waals surface area (Å²) >= 11 is 0. The predicted octanol–water partition coefficient (Wildman–Crippen LogP) is 4.32. The number of nitrogens with zero attached hydrogens (tertiary/aromatic N) is 3. The zero-order chi connectivity index (χ0) is 30.0. The molecule has 0 bridgehead atoms. The molecule has 0 radical (unpaired) electrons. The fourth-order valence-corrected chi connectivity index (χ4v) is 6.22. The van der Waals surface area contributed by atoms with Gasteiger partial charge >= 0.3 is 12.1 Å². The van der Waals surface area contributed by atoms with Crippen LogP contribution >= 0.6 is 0 Å². The number of amides is 1. The number of β-amino-alcohol motifs (C(OH)–C–C–N with tert-alkyl or cyclic N) is 1. The lowest BCUT2D eigenvalue weighted by Gasteiger charge is -2.44. The Morgan fingerprint density at radius 1 is 1.26 bits per heavy atom. The molecule has 1 aromatic heterocycles. The van der Waals surface area contributed by atoms with E-state index in [-0.39, 0.29) is 24.8 Å². The highest BCUT2D eigenvalue weighted by atomic mass is 16.6. The van der Waals surface area contributed by atoms with E-state index in [9.17, 15) is 14.7 Å². The summed E-state index contributed by atoms with van der Waals surface area (Å²) in [6.45, 7) is 1.48. The van der Waals surface area contributed by atoms with Crippen LogP contribution in [0.2, 0.25) is 0 Å². The van der Waals surface area contributed by atoms with Crippen LogP contribution < -0.4 is 4.74 Å². The molecule has 11 heteroatoms. The van der Waals surface area contributed by atoms with Crippen LogP contribution in [-0.4, -0.2) is 78.0 Å². The number of hydrogen-bond acceptors (Lipinski definition) is 10. The predicted molar refractivity (Wildman–Crippen MR) is 155 cm³/mol. The first-order chi connectivity index (χ1) is 20.9. The number of rotatable bonds is 8. The Bertz CT molecular complexity index is 1530. The van der Waals surface area contributed by atoms with E-state index < -0.39 is 23.8 Å². The van der Waals surface area contributed by atoms with E-state index >= 15 is 0 Å². The number of ether oxygens (including phenoxy) is 5. The molecule has 2 fully saturated rings. The number of methoxy groups -OCH3 is 2. The van der Waals surface area contributed by atoms with Gasteiger partial charge in [-0.15, -0.1) is 0 Å². The van der Waals surface area contributed by atoms with Crippen LogP contribution in [0.3, 0.4) is 0 Å². The highest BCUT2D eigenvalue weighted by molar-refractivity contribution is 5.84. The molecule has 1 aromatic carbocycles. The van der Waals surface area contributed by atoms with Crippen LogP contribution in [0.4, 0.5) is 4.79 Å². The molecule has 1 amide bonds. The largest absolute Gasteiger partial charge is 0.497 e. The van der Waals surface area contributed by atoms with Gasteiger partial charge in [0, 0.05) is 43.6 Å². The molecule has 6 rings (SSSR count). The summed E-state index contributed by atoms with van der Waals surface area (Å²) in [6, 6.07) is 7.37. The van der Waals surface area contributed by atoms with Crippen LogP contribution in [0.25, 0.3) is 10.9 Å². The van der Waals surface area contributed by atoms with Crippen molar-refractivity contribution < 1.29 is 38.4 Å². The maximum Gasteiger partial charge on any atom is 0.417 e. The van der Waals surface area contributed by atoms with E-state index in [1.807, 2.05) is 36.4 Å². The van der Waals surface area contributed by atoms with Crippen molar-refractivity contribution in [1.29, 1.82) is 0 Å². The van der Waals surface area contributed by atoms with E-state index in [4.69, 9.17) is 23.7 Å². The third-order valence-corrected chi connectivity index (χ3v) is 8.58. The topological polar surface area (TPSA) is 120 Å². The van der Waals surface area contributed by atoms with Crippen molar-refractivity contribution in [3.8, 4) is 5.75 Å². The summed E-state index contributed by atoms with van der Waals surface area (Å²) in [6.07, 6.45) is 11.4. The molecule has 1 spiro atoms. The summed E-state index contributed by atoms with van der Waals surface area (Å²) in [5.41, 5.74) is 1.53. The Balaban J connectivity index is 1.18. The zero-order valence-electron chi connectivity index (χ0n) is 24.2. The molecule has 0 saturated carbocycles. The minimum atomic E-state index is -0.943. The van der Waals surface area contributed by atoms with E-state index in [1.54, 1.807) is 13.3 Å². The average Bonchev–Trinajstić information content (AvgIpc) is 3.38. The molecule has 3 aliphatic heterocycles. The minimum absolute atomic E-state index is 0.0559. The lowest BCUT2D eigenvalue weighted by Crippen LogP contribution is -2.55. The number of piperidine rings is 1. The summed E-state index contributed by atoms with van der Waals surface area (Å²) in [5, 5.41) is 12.2. The van der Waals surface area contributed by atoms with Gasteiger partial charge in [0.05, 0.1) is 38.8 Å². The van der Waals surface area contributed by atoms with Gasteiger partial charge in [-0.3, -0.25) is 14.7 Å². The number of aliphatic hydroxyl groups excluding tert-OH is 1. The number of allylic oxidation sites excluding steroid dienone is 4. The number of hydrogen-bond donors (Lipinski definition) is 1. The first-order valence-corrected chi connectivity index (χ1v) is 14.4. The number of carbonyl (C=O) groups is 2. The maximum atomic E-state index is 13.2. The summed E-state index contributed by atoms with van der Waals surface area (Å²) in [5.74, 6) is 0.691. The zero-order valence-corrected chi connectivity index (χ0v) is 24.2. The molecular weight excluding hydrogens is 554 g/mol. The summed E-state index contributed by atoms with van der Waals surface area (Å²) in [7, 11) is 2.94. The second-order valence-corrected chi connectivity index (χ2v) is 11.1. The molecule has 1 aliphatic carbocycles. The number of benzene rings is 1. The van der Waals surface area contributed by atoms with Crippen molar-refractivity contribution in [1.82, 2.24) is 14.8 Å². The molecule has 2 aromatic rings. The van der Waals surface area contributed by atoms with Gasteiger partial charge in [-0.2, -0.15) is 0 Å². The SMILES string of the molecule is COC(=O)C[C@H]1CN(C[C@H](O)c2ccnc3ccc(OC)cc23)CC[C@]12CN(C1=COC=C(C3=CC=CCC3)O1)C(=O)O2. The number of esters is 1. The van der Waals surface area contributed by atoms with E-state index in [0.717, 1.165) is 34.9 Å². The van der Waals surface area contributed by atoms with Gasteiger partial charge in [-0.25, -0.2) is 9.69 Å². The molecule has 4 heterocycles. The first kappa shape index (κ1) is 28.8. The maximum absolute atomic E-state index is 13.2. The quantitative estimate of drug-likeness (QED) is 0.446. The Morgan fingerprint density at radius 3 is 2.93 bits per heavy atom. The van der Waals surface area contributed by atoms with Gasteiger partial charge in [0.2, 0.25) is 5.88 Å². The first-order valence-electron chi connectivity index (χ1n) is 14.4. The second kappa shape index (κ2) is 12.1. The number of pyridine rings is 1. The Labute approximate surface area is 249 Å². The number of aliphatic hydroxyl groups is 1.